The highest BCUT2D eigenvalue weighted by Crippen LogP contribution is 2.39. The summed E-state index contributed by atoms with van der Waals surface area (Å²) in [4.78, 5) is 30.0. The Balaban J connectivity index is 1.51. The number of rotatable bonds is 4. The molecule has 1 aromatic heterocycles. The number of amides is 2. The molecule has 3 heterocycles. The summed E-state index contributed by atoms with van der Waals surface area (Å²) in [6.07, 6.45) is 7.33. The van der Waals surface area contributed by atoms with Gasteiger partial charge in [-0.05, 0) is 37.7 Å². The average molecular weight is 352 g/mol. The van der Waals surface area contributed by atoms with Crippen LogP contribution in [-0.4, -0.2) is 57.0 Å². The molecule has 2 aliphatic rings. The van der Waals surface area contributed by atoms with Gasteiger partial charge < -0.3 is 9.80 Å². The van der Waals surface area contributed by atoms with E-state index in [9.17, 15) is 9.59 Å². The summed E-state index contributed by atoms with van der Waals surface area (Å²) < 4.78 is 0. The monoisotopic (exact) mass is 352 g/mol. The minimum absolute atomic E-state index is 0.0884. The lowest BCUT2D eigenvalue weighted by Crippen LogP contribution is -2.61. The molecule has 1 aromatic carbocycles. The number of hydrogen-bond acceptors (Lipinski definition) is 3. The van der Waals surface area contributed by atoms with E-state index in [1.54, 1.807) is 11.1 Å². The summed E-state index contributed by atoms with van der Waals surface area (Å²) in [5.74, 6) is 0.0311. The molecular formula is C20H24N4O2. The molecule has 136 valence electrons. The number of nitrogens with zero attached hydrogens (tertiary/aromatic N) is 3. The Bertz CT molecular complexity index is 774. The molecule has 0 radical (unpaired) electrons. The number of nitrogens with one attached hydrogen (secondary N) is 1. The van der Waals surface area contributed by atoms with Crippen molar-refractivity contribution < 1.29 is 9.59 Å². The Morgan fingerprint density at radius 3 is 2.65 bits per heavy atom. The number of H-pyrrole nitrogens is 1. The van der Waals surface area contributed by atoms with Crippen molar-refractivity contribution >= 4 is 11.8 Å². The Morgan fingerprint density at radius 2 is 1.92 bits per heavy atom. The number of piperidine rings is 1. The fraction of sp³-hybridized carbons (Fsp3) is 0.450. The van der Waals surface area contributed by atoms with Crippen LogP contribution in [0, 0.1) is 0 Å². The SMILES string of the molecule is O=C(c1cn[nH]c1)N1CCCC12CCCN(CCc1ccccc1)C2=O. The van der Waals surface area contributed by atoms with Crippen LogP contribution in [0.1, 0.15) is 41.6 Å². The molecule has 2 aliphatic heterocycles. The van der Waals surface area contributed by atoms with Gasteiger partial charge in [-0.25, -0.2) is 0 Å². The van der Waals surface area contributed by atoms with Crippen molar-refractivity contribution in [3.8, 4) is 0 Å². The lowest BCUT2D eigenvalue weighted by Gasteiger charge is -2.44. The molecule has 2 amide bonds. The lowest BCUT2D eigenvalue weighted by molar-refractivity contribution is -0.145. The van der Waals surface area contributed by atoms with Gasteiger partial charge in [0.2, 0.25) is 5.91 Å². The number of likely N-dealkylation sites (tertiary alicyclic amines) is 2. The van der Waals surface area contributed by atoms with Crippen molar-refractivity contribution in [1.29, 1.82) is 0 Å². The van der Waals surface area contributed by atoms with E-state index in [-0.39, 0.29) is 11.8 Å². The molecule has 0 saturated carbocycles. The predicted octanol–water partition coefficient (Wildman–Crippen LogP) is 2.25. The van der Waals surface area contributed by atoms with Gasteiger partial charge in [0.1, 0.15) is 5.54 Å². The molecule has 2 aromatic rings. The fourth-order valence-electron chi connectivity index (χ4n) is 4.37. The van der Waals surface area contributed by atoms with Gasteiger partial charge in [0.25, 0.3) is 5.91 Å². The largest absolute Gasteiger partial charge is 0.340 e. The smallest absolute Gasteiger partial charge is 0.257 e. The van der Waals surface area contributed by atoms with E-state index in [0.29, 0.717) is 18.7 Å². The Labute approximate surface area is 153 Å². The summed E-state index contributed by atoms with van der Waals surface area (Å²) in [6.45, 7) is 2.13. The van der Waals surface area contributed by atoms with Crippen LogP contribution in [-0.2, 0) is 11.2 Å². The molecule has 2 fully saturated rings. The summed E-state index contributed by atoms with van der Waals surface area (Å²) in [5.41, 5.74) is 1.10. The van der Waals surface area contributed by atoms with E-state index >= 15 is 0 Å². The third-order valence-corrected chi connectivity index (χ3v) is 5.70. The van der Waals surface area contributed by atoms with E-state index in [0.717, 1.165) is 38.6 Å². The number of aromatic nitrogens is 2. The van der Waals surface area contributed by atoms with E-state index in [4.69, 9.17) is 0 Å². The second-order valence-electron chi connectivity index (χ2n) is 7.21. The topological polar surface area (TPSA) is 69.3 Å². The molecule has 1 spiro atoms. The van der Waals surface area contributed by atoms with Crippen LogP contribution >= 0.6 is 0 Å². The number of benzene rings is 1. The van der Waals surface area contributed by atoms with E-state index in [2.05, 4.69) is 22.3 Å². The number of aromatic amines is 1. The molecule has 1 N–H and O–H groups in total. The van der Waals surface area contributed by atoms with Gasteiger partial charge in [-0.15, -0.1) is 0 Å². The van der Waals surface area contributed by atoms with Crippen LogP contribution in [0.2, 0.25) is 0 Å². The van der Waals surface area contributed by atoms with Crippen molar-refractivity contribution in [2.24, 2.45) is 0 Å². The zero-order valence-corrected chi connectivity index (χ0v) is 14.9. The van der Waals surface area contributed by atoms with Gasteiger partial charge in [-0.3, -0.25) is 14.7 Å². The Kier molecular flexibility index (Phi) is 4.49. The van der Waals surface area contributed by atoms with Gasteiger partial charge >= 0.3 is 0 Å². The molecule has 1 atom stereocenters. The highest BCUT2D eigenvalue weighted by atomic mass is 16.2. The molecule has 4 rings (SSSR count). The lowest BCUT2D eigenvalue weighted by atomic mass is 9.85. The Hall–Kier alpha value is -2.63. The highest BCUT2D eigenvalue weighted by molar-refractivity contribution is 5.99. The molecule has 2 saturated heterocycles. The molecule has 6 heteroatoms. The highest BCUT2D eigenvalue weighted by Gasteiger charge is 2.52. The number of carbonyl (C=O) groups excluding carboxylic acids is 2. The fourth-order valence-corrected chi connectivity index (χ4v) is 4.37. The second kappa shape index (κ2) is 6.94. The van der Waals surface area contributed by atoms with Crippen molar-refractivity contribution in [1.82, 2.24) is 20.0 Å². The third kappa shape index (κ3) is 2.89. The Morgan fingerprint density at radius 1 is 1.15 bits per heavy atom. The maximum Gasteiger partial charge on any atom is 0.257 e. The zero-order chi connectivity index (χ0) is 18.0. The van der Waals surface area contributed by atoms with Crippen LogP contribution in [0.4, 0.5) is 0 Å². The van der Waals surface area contributed by atoms with E-state index in [1.165, 1.54) is 11.8 Å². The molecular weight excluding hydrogens is 328 g/mol. The zero-order valence-electron chi connectivity index (χ0n) is 14.9. The van der Waals surface area contributed by atoms with Crippen molar-refractivity contribution in [2.75, 3.05) is 19.6 Å². The first-order valence-electron chi connectivity index (χ1n) is 9.35. The van der Waals surface area contributed by atoms with Crippen LogP contribution in [0.25, 0.3) is 0 Å². The minimum Gasteiger partial charge on any atom is -0.340 e. The van der Waals surface area contributed by atoms with Gasteiger partial charge in [-0.1, -0.05) is 30.3 Å². The quantitative estimate of drug-likeness (QED) is 0.917. The van der Waals surface area contributed by atoms with Crippen LogP contribution in [0.5, 0.6) is 0 Å². The molecule has 26 heavy (non-hydrogen) atoms. The van der Waals surface area contributed by atoms with Gasteiger partial charge in [0, 0.05) is 25.8 Å². The van der Waals surface area contributed by atoms with Crippen LogP contribution in [0.15, 0.2) is 42.7 Å². The summed E-state index contributed by atoms with van der Waals surface area (Å²) >= 11 is 0. The first kappa shape index (κ1) is 16.8. The number of hydrogen-bond donors (Lipinski definition) is 1. The van der Waals surface area contributed by atoms with Crippen LogP contribution < -0.4 is 0 Å². The standard InChI is InChI=1S/C20H24N4O2/c25-18(17-14-21-22-15-17)24-12-5-10-20(24)9-4-11-23(19(20)26)13-8-16-6-2-1-3-7-16/h1-3,6-7,14-15H,4-5,8-13H2,(H,21,22). The van der Waals surface area contributed by atoms with Gasteiger partial charge in [0.05, 0.1) is 11.8 Å². The van der Waals surface area contributed by atoms with Crippen molar-refractivity contribution in [2.45, 2.75) is 37.6 Å². The van der Waals surface area contributed by atoms with Crippen molar-refractivity contribution in [3.63, 3.8) is 0 Å². The normalized spacial score (nSPS) is 23.0. The molecule has 6 nitrogen and oxygen atoms in total. The molecule has 0 bridgehead atoms. The number of carbonyl (C=O) groups is 2. The summed E-state index contributed by atoms with van der Waals surface area (Å²) in [6, 6.07) is 10.2. The minimum atomic E-state index is -0.663. The van der Waals surface area contributed by atoms with E-state index < -0.39 is 5.54 Å². The maximum absolute atomic E-state index is 13.4. The molecule has 1 unspecified atom stereocenters. The van der Waals surface area contributed by atoms with Gasteiger partial charge in [-0.2, -0.15) is 5.10 Å². The third-order valence-electron chi connectivity index (χ3n) is 5.70. The maximum atomic E-state index is 13.4. The molecule has 0 aliphatic carbocycles. The first-order valence-corrected chi connectivity index (χ1v) is 9.35. The first-order chi connectivity index (χ1) is 12.7. The van der Waals surface area contributed by atoms with E-state index in [1.807, 2.05) is 23.1 Å². The summed E-state index contributed by atoms with van der Waals surface area (Å²) in [5, 5.41) is 6.57. The van der Waals surface area contributed by atoms with Crippen LogP contribution in [0.3, 0.4) is 0 Å². The second-order valence-corrected chi connectivity index (χ2v) is 7.21. The predicted molar refractivity (Wildman–Crippen MR) is 97.5 cm³/mol. The average Bonchev–Trinajstić information content (AvgIpc) is 3.34. The van der Waals surface area contributed by atoms with Gasteiger partial charge in [0.15, 0.2) is 0 Å². The van der Waals surface area contributed by atoms with Crippen molar-refractivity contribution in [3.05, 3.63) is 53.9 Å². The summed E-state index contributed by atoms with van der Waals surface area (Å²) in [7, 11) is 0.